The molecule has 0 atom stereocenters. The first kappa shape index (κ1) is 23.2. The van der Waals surface area contributed by atoms with Gasteiger partial charge in [0.15, 0.2) is 0 Å². The largest absolute Gasteiger partial charge is 0.497 e. The van der Waals surface area contributed by atoms with E-state index < -0.39 is 0 Å². The van der Waals surface area contributed by atoms with Crippen molar-refractivity contribution in [3.05, 3.63) is 119 Å². The SMILES string of the molecule is COc1ccc(CN2C(=O)c3ccccc3Sc3ccc(COCCc4ccccc4)cc32)cc1. The molecule has 5 rings (SSSR count). The van der Waals surface area contributed by atoms with Crippen LogP contribution in [0.3, 0.4) is 0 Å². The summed E-state index contributed by atoms with van der Waals surface area (Å²) in [4.78, 5) is 17.6. The minimum atomic E-state index is 0.00446. The third-order valence-corrected chi connectivity index (χ3v) is 7.18. The quantitative estimate of drug-likeness (QED) is 0.261. The van der Waals surface area contributed by atoms with Gasteiger partial charge in [0.2, 0.25) is 0 Å². The molecule has 1 aliphatic rings. The van der Waals surface area contributed by atoms with Crippen LogP contribution in [0.4, 0.5) is 5.69 Å². The lowest BCUT2D eigenvalue weighted by molar-refractivity contribution is 0.0982. The molecule has 4 nitrogen and oxygen atoms in total. The second kappa shape index (κ2) is 10.8. The molecule has 0 aromatic heterocycles. The predicted octanol–water partition coefficient (Wildman–Crippen LogP) is 6.77. The summed E-state index contributed by atoms with van der Waals surface area (Å²) in [5, 5.41) is 0. The minimum absolute atomic E-state index is 0.00446. The third kappa shape index (κ3) is 5.42. The topological polar surface area (TPSA) is 38.8 Å². The maximum atomic E-state index is 13.7. The van der Waals surface area contributed by atoms with E-state index in [1.807, 2.05) is 71.6 Å². The van der Waals surface area contributed by atoms with Crippen molar-refractivity contribution < 1.29 is 14.3 Å². The van der Waals surface area contributed by atoms with Gasteiger partial charge in [0.1, 0.15) is 5.75 Å². The average Bonchev–Trinajstić information content (AvgIpc) is 3.02. The first-order chi connectivity index (χ1) is 17.2. The van der Waals surface area contributed by atoms with Crippen molar-refractivity contribution in [3.8, 4) is 5.75 Å². The second-order valence-electron chi connectivity index (χ2n) is 8.43. The van der Waals surface area contributed by atoms with Gasteiger partial charge in [-0.3, -0.25) is 4.79 Å². The van der Waals surface area contributed by atoms with Crippen LogP contribution in [0.5, 0.6) is 5.75 Å². The Kier molecular flexibility index (Phi) is 7.17. The van der Waals surface area contributed by atoms with E-state index in [0.717, 1.165) is 44.3 Å². The number of carbonyl (C=O) groups excluding carboxylic acids is 1. The number of hydrogen-bond acceptors (Lipinski definition) is 4. The number of methoxy groups -OCH3 is 1. The van der Waals surface area contributed by atoms with E-state index >= 15 is 0 Å². The van der Waals surface area contributed by atoms with E-state index in [2.05, 4.69) is 30.3 Å². The van der Waals surface area contributed by atoms with Crippen LogP contribution >= 0.6 is 11.8 Å². The van der Waals surface area contributed by atoms with Gasteiger partial charge in [-0.15, -0.1) is 0 Å². The molecule has 0 aliphatic carbocycles. The van der Waals surface area contributed by atoms with E-state index in [1.165, 1.54) is 5.56 Å². The molecule has 0 saturated carbocycles. The van der Waals surface area contributed by atoms with Crippen LogP contribution in [0.1, 0.15) is 27.0 Å². The molecule has 4 aromatic carbocycles. The van der Waals surface area contributed by atoms with Crippen molar-refractivity contribution >= 4 is 23.4 Å². The van der Waals surface area contributed by atoms with Crippen LogP contribution < -0.4 is 9.64 Å². The second-order valence-corrected chi connectivity index (χ2v) is 9.51. The smallest absolute Gasteiger partial charge is 0.259 e. The van der Waals surface area contributed by atoms with E-state index in [9.17, 15) is 4.79 Å². The fraction of sp³-hybridized carbons (Fsp3) is 0.167. The first-order valence-electron chi connectivity index (χ1n) is 11.7. The molecule has 176 valence electrons. The van der Waals surface area contributed by atoms with Crippen LogP contribution in [0.2, 0.25) is 0 Å². The molecule has 5 heteroatoms. The molecule has 0 spiro atoms. The zero-order valence-electron chi connectivity index (χ0n) is 19.6. The van der Waals surface area contributed by atoms with Crippen LogP contribution in [-0.4, -0.2) is 19.6 Å². The Balaban J connectivity index is 1.40. The third-order valence-electron chi connectivity index (χ3n) is 6.04. The van der Waals surface area contributed by atoms with Gasteiger partial charge in [-0.2, -0.15) is 0 Å². The molecule has 0 fully saturated rings. The van der Waals surface area contributed by atoms with Crippen LogP contribution in [-0.2, 0) is 24.3 Å². The summed E-state index contributed by atoms with van der Waals surface area (Å²) in [5.41, 5.74) is 4.99. The molecule has 1 amide bonds. The van der Waals surface area contributed by atoms with E-state index in [-0.39, 0.29) is 5.91 Å². The summed E-state index contributed by atoms with van der Waals surface area (Å²) < 4.78 is 11.3. The Hall–Kier alpha value is -3.54. The molecule has 0 saturated heterocycles. The molecule has 4 aromatic rings. The summed E-state index contributed by atoms with van der Waals surface area (Å²) in [6, 6.07) is 32.3. The number of amides is 1. The lowest BCUT2D eigenvalue weighted by Gasteiger charge is -2.24. The van der Waals surface area contributed by atoms with E-state index in [0.29, 0.717) is 19.8 Å². The summed E-state index contributed by atoms with van der Waals surface area (Å²) in [6.45, 7) is 1.63. The number of ether oxygens (including phenoxy) is 2. The minimum Gasteiger partial charge on any atom is -0.497 e. The Morgan fingerprint density at radius 3 is 2.31 bits per heavy atom. The maximum absolute atomic E-state index is 13.7. The highest BCUT2D eigenvalue weighted by atomic mass is 32.2. The van der Waals surface area contributed by atoms with Crippen LogP contribution in [0.15, 0.2) is 107 Å². The van der Waals surface area contributed by atoms with Gasteiger partial charge in [0, 0.05) is 9.79 Å². The predicted molar refractivity (Wildman–Crippen MR) is 140 cm³/mol. The molecule has 0 bridgehead atoms. The number of carbonyl (C=O) groups is 1. The molecule has 35 heavy (non-hydrogen) atoms. The lowest BCUT2D eigenvalue weighted by Crippen LogP contribution is -2.30. The van der Waals surface area contributed by atoms with Gasteiger partial charge >= 0.3 is 0 Å². The normalized spacial score (nSPS) is 12.6. The van der Waals surface area contributed by atoms with Crippen molar-refractivity contribution in [1.82, 2.24) is 0 Å². The number of benzene rings is 4. The Morgan fingerprint density at radius 2 is 1.51 bits per heavy atom. The van der Waals surface area contributed by atoms with Gasteiger partial charge in [-0.25, -0.2) is 0 Å². The van der Waals surface area contributed by atoms with Gasteiger partial charge in [-0.1, -0.05) is 72.4 Å². The highest BCUT2D eigenvalue weighted by Crippen LogP contribution is 2.42. The average molecular weight is 482 g/mol. The summed E-state index contributed by atoms with van der Waals surface area (Å²) in [6.07, 6.45) is 0.874. The molecule has 1 heterocycles. The zero-order chi connectivity index (χ0) is 24.0. The fourth-order valence-electron chi connectivity index (χ4n) is 4.15. The first-order valence-corrected chi connectivity index (χ1v) is 12.5. The number of rotatable bonds is 8. The molecule has 0 N–H and O–H groups in total. The maximum Gasteiger partial charge on any atom is 0.259 e. The number of fused-ring (bicyclic) bond motifs is 2. The van der Waals surface area contributed by atoms with Crippen molar-refractivity contribution in [1.29, 1.82) is 0 Å². The fourth-order valence-corrected chi connectivity index (χ4v) is 5.21. The van der Waals surface area contributed by atoms with Crippen molar-refractivity contribution in [2.75, 3.05) is 18.6 Å². The molecule has 1 aliphatic heterocycles. The van der Waals surface area contributed by atoms with Crippen LogP contribution in [0, 0.1) is 0 Å². The number of hydrogen-bond donors (Lipinski definition) is 0. The molecular weight excluding hydrogens is 454 g/mol. The number of nitrogens with zero attached hydrogens (tertiary/aromatic N) is 1. The Bertz CT molecular complexity index is 1310. The molecule has 0 radical (unpaired) electrons. The Morgan fingerprint density at radius 1 is 0.771 bits per heavy atom. The van der Waals surface area contributed by atoms with E-state index in [1.54, 1.807) is 18.9 Å². The van der Waals surface area contributed by atoms with E-state index in [4.69, 9.17) is 9.47 Å². The van der Waals surface area contributed by atoms with Crippen molar-refractivity contribution in [2.45, 2.75) is 29.4 Å². The van der Waals surface area contributed by atoms with Crippen molar-refractivity contribution in [2.24, 2.45) is 0 Å². The molecule has 0 unspecified atom stereocenters. The van der Waals surface area contributed by atoms with Crippen LogP contribution in [0.25, 0.3) is 0 Å². The number of anilines is 1. The summed E-state index contributed by atoms with van der Waals surface area (Å²) in [5.74, 6) is 0.803. The lowest BCUT2D eigenvalue weighted by atomic mass is 10.1. The monoisotopic (exact) mass is 481 g/mol. The van der Waals surface area contributed by atoms with Crippen molar-refractivity contribution in [3.63, 3.8) is 0 Å². The highest BCUT2D eigenvalue weighted by molar-refractivity contribution is 7.99. The van der Waals surface area contributed by atoms with Gasteiger partial charge in [0.05, 0.1) is 38.1 Å². The molecular formula is C30H27NO3S. The summed E-state index contributed by atoms with van der Waals surface area (Å²) in [7, 11) is 1.65. The Labute approximate surface area is 210 Å². The highest BCUT2D eigenvalue weighted by Gasteiger charge is 2.27. The zero-order valence-corrected chi connectivity index (χ0v) is 20.5. The standard InChI is InChI=1S/C30H27NO3S/c1-33-25-14-11-23(12-15-25)20-31-27-19-24(21-34-18-17-22-7-3-2-4-8-22)13-16-29(27)35-28-10-6-5-9-26(28)30(31)32/h2-16,19H,17-18,20-21H2,1H3. The van der Waals surface area contributed by atoms with Gasteiger partial charge in [-0.05, 0) is 59.5 Å². The summed E-state index contributed by atoms with van der Waals surface area (Å²) >= 11 is 1.64. The van der Waals surface area contributed by atoms with Gasteiger partial charge < -0.3 is 14.4 Å². The van der Waals surface area contributed by atoms with Gasteiger partial charge in [0.25, 0.3) is 5.91 Å².